The zero-order valence-corrected chi connectivity index (χ0v) is 12.9. The van der Waals surface area contributed by atoms with Crippen LogP contribution in [-0.4, -0.2) is 35.7 Å². The maximum atomic E-state index is 12.3. The molecule has 0 aromatic carbocycles. The monoisotopic (exact) mass is 270 g/mol. The molecule has 0 bridgehead atoms. The molecule has 0 aliphatic heterocycles. The number of nitrogens with two attached hydrogens (primary N) is 1. The number of amides is 1. The van der Waals surface area contributed by atoms with Gasteiger partial charge in [0.05, 0.1) is 11.6 Å². The largest absolute Gasteiger partial charge is 0.447 e. The summed E-state index contributed by atoms with van der Waals surface area (Å²) in [4.78, 5) is 14.2. The van der Waals surface area contributed by atoms with Crippen LogP contribution in [0.2, 0.25) is 0 Å². The van der Waals surface area contributed by atoms with E-state index >= 15 is 0 Å². The van der Waals surface area contributed by atoms with Crippen molar-refractivity contribution in [3.05, 3.63) is 0 Å². The highest BCUT2D eigenvalue weighted by atomic mass is 16.6. The van der Waals surface area contributed by atoms with Crippen molar-refractivity contribution in [2.75, 3.05) is 13.1 Å². The Hall–Kier alpha value is -0.770. The predicted molar refractivity (Wildman–Crippen MR) is 78.0 cm³/mol. The first-order valence-electron chi connectivity index (χ1n) is 7.63. The predicted octanol–water partition coefficient (Wildman–Crippen LogP) is 3.15. The normalized spacial score (nSPS) is 27.4. The molecule has 0 atom stereocenters. The third kappa shape index (κ3) is 4.10. The van der Waals surface area contributed by atoms with Crippen LogP contribution in [0.1, 0.15) is 59.8 Å². The molecule has 0 radical (unpaired) electrons. The lowest BCUT2D eigenvalue weighted by molar-refractivity contribution is 0.0143. The Morgan fingerprint density at radius 3 is 2.42 bits per heavy atom. The molecular weight excluding hydrogens is 240 g/mol. The number of hydrogen-bond acceptors (Lipinski definition) is 3. The Balaban J connectivity index is 2.84. The molecule has 0 spiro atoms. The summed E-state index contributed by atoms with van der Waals surface area (Å²) in [7, 11) is 0. The van der Waals surface area contributed by atoms with Gasteiger partial charge in [0.25, 0.3) is 0 Å². The van der Waals surface area contributed by atoms with E-state index in [1.807, 2.05) is 18.7 Å². The fraction of sp³-hybridized carbons (Fsp3) is 0.933. The molecule has 4 nitrogen and oxygen atoms in total. The van der Waals surface area contributed by atoms with Gasteiger partial charge in [-0.25, -0.2) is 4.79 Å². The third-order valence-corrected chi connectivity index (χ3v) is 4.16. The summed E-state index contributed by atoms with van der Waals surface area (Å²) in [6.07, 6.45) is 4.94. The lowest BCUT2D eigenvalue weighted by atomic mass is 9.76. The van der Waals surface area contributed by atoms with Crippen LogP contribution in [0, 0.1) is 5.92 Å². The molecule has 2 N–H and O–H groups in total. The lowest BCUT2D eigenvalue weighted by Crippen LogP contribution is -2.58. The lowest BCUT2D eigenvalue weighted by Gasteiger charge is -2.46. The molecule has 1 aliphatic rings. The van der Waals surface area contributed by atoms with Gasteiger partial charge in [0.1, 0.15) is 0 Å². The smallest absolute Gasteiger partial charge is 0.410 e. The van der Waals surface area contributed by atoms with Gasteiger partial charge in [0.2, 0.25) is 0 Å². The number of nitrogens with zero attached hydrogens (tertiary/aromatic N) is 1. The van der Waals surface area contributed by atoms with E-state index < -0.39 is 0 Å². The second kappa shape index (κ2) is 7.13. The van der Waals surface area contributed by atoms with Crippen molar-refractivity contribution in [2.24, 2.45) is 11.7 Å². The zero-order valence-electron chi connectivity index (χ0n) is 12.9. The average molecular weight is 270 g/mol. The van der Waals surface area contributed by atoms with E-state index in [1.165, 1.54) is 0 Å². The van der Waals surface area contributed by atoms with Crippen molar-refractivity contribution >= 4 is 6.09 Å². The van der Waals surface area contributed by atoms with Crippen LogP contribution in [-0.2, 0) is 4.74 Å². The van der Waals surface area contributed by atoms with E-state index in [2.05, 4.69) is 13.8 Å². The van der Waals surface area contributed by atoms with E-state index in [9.17, 15) is 4.79 Å². The van der Waals surface area contributed by atoms with Gasteiger partial charge >= 0.3 is 6.09 Å². The average Bonchev–Trinajstić information content (AvgIpc) is 2.37. The minimum Gasteiger partial charge on any atom is -0.447 e. The van der Waals surface area contributed by atoms with Crippen LogP contribution in [0.25, 0.3) is 0 Å². The molecule has 4 heteroatoms. The molecule has 1 rings (SSSR count). The fourth-order valence-corrected chi connectivity index (χ4v) is 2.89. The second-order valence-corrected chi connectivity index (χ2v) is 6.20. The van der Waals surface area contributed by atoms with Gasteiger partial charge < -0.3 is 15.4 Å². The highest BCUT2D eigenvalue weighted by Gasteiger charge is 2.41. The number of carbonyl (C=O) groups excluding carboxylic acids is 1. The molecule has 1 fully saturated rings. The van der Waals surface area contributed by atoms with Crippen molar-refractivity contribution in [1.82, 2.24) is 4.90 Å². The van der Waals surface area contributed by atoms with Crippen molar-refractivity contribution in [2.45, 2.75) is 71.4 Å². The van der Waals surface area contributed by atoms with Gasteiger partial charge in [-0.15, -0.1) is 0 Å². The van der Waals surface area contributed by atoms with Crippen molar-refractivity contribution in [3.63, 3.8) is 0 Å². The highest BCUT2D eigenvalue weighted by molar-refractivity contribution is 5.69. The number of hydrogen-bond donors (Lipinski definition) is 1. The fourth-order valence-electron chi connectivity index (χ4n) is 2.89. The Bertz CT molecular complexity index is 284. The van der Waals surface area contributed by atoms with E-state index in [0.29, 0.717) is 6.54 Å². The van der Waals surface area contributed by atoms with Crippen LogP contribution in [0.15, 0.2) is 0 Å². The topological polar surface area (TPSA) is 55.6 Å². The Morgan fingerprint density at radius 1 is 1.42 bits per heavy atom. The highest BCUT2D eigenvalue weighted by Crippen LogP contribution is 2.36. The van der Waals surface area contributed by atoms with Gasteiger partial charge in [-0.1, -0.05) is 13.8 Å². The Labute approximate surface area is 117 Å². The summed E-state index contributed by atoms with van der Waals surface area (Å²) in [5.74, 6) is 0.740. The zero-order chi connectivity index (χ0) is 14.5. The molecule has 112 valence electrons. The summed E-state index contributed by atoms with van der Waals surface area (Å²) in [6, 6.07) is 0. The summed E-state index contributed by atoms with van der Waals surface area (Å²) >= 11 is 0. The van der Waals surface area contributed by atoms with E-state index in [1.54, 1.807) is 0 Å². The van der Waals surface area contributed by atoms with Crippen molar-refractivity contribution in [1.29, 1.82) is 0 Å². The van der Waals surface area contributed by atoms with E-state index in [-0.39, 0.29) is 17.7 Å². The number of ether oxygens (including phenoxy) is 1. The molecule has 0 unspecified atom stereocenters. The molecule has 0 aromatic rings. The SMILES string of the molecule is CCCN(C(=O)OC(C)C)C1(CN)CCC(C)CC1. The molecule has 1 saturated carbocycles. The van der Waals surface area contributed by atoms with Gasteiger partial charge in [0, 0.05) is 13.1 Å². The van der Waals surface area contributed by atoms with Crippen molar-refractivity contribution in [3.8, 4) is 0 Å². The molecule has 19 heavy (non-hydrogen) atoms. The van der Waals surface area contributed by atoms with Gasteiger partial charge in [-0.2, -0.15) is 0 Å². The summed E-state index contributed by atoms with van der Waals surface area (Å²) in [6.45, 7) is 9.41. The van der Waals surface area contributed by atoms with Crippen LogP contribution in [0.3, 0.4) is 0 Å². The van der Waals surface area contributed by atoms with E-state index in [4.69, 9.17) is 10.5 Å². The minimum atomic E-state index is -0.197. The quantitative estimate of drug-likeness (QED) is 0.835. The Morgan fingerprint density at radius 2 is 2.00 bits per heavy atom. The van der Waals surface area contributed by atoms with Crippen LogP contribution >= 0.6 is 0 Å². The standard InChI is InChI=1S/C15H30N2O2/c1-5-10-17(14(18)19-12(2)3)15(11-16)8-6-13(4)7-9-15/h12-13H,5-11,16H2,1-4H3. The van der Waals surface area contributed by atoms with Crippen molar-refractivity contribution < 1.29 is 9.53 Å². The summed E-state index contributed by atoms with van der Waals surface area (Å²) < 4.78 is 5.40. The minimum absolute atomic E-state index is 0.0794. The van der Waals surface area contributed by atoms with Crippen LogP contribution < -0.4 is 5.73 Å². The maximum Gasteiger partial charge on any atom is 0.410 e. The molecule has 1 aliphatic carbocycles. The summed E-state index contributed by atoms with van der Waals surface area (Å²) in [5.41, 5.74) is 5.85. The first-order chi connectivity index (χ1) is 8.95. The first kappa shape index (κ1) is 16.3. The van der Waals surface area contributed by atoms with Crippen LogP contribution in [0.5, 0.6) is 0 Å². The van der Waals surface area contributed by atoms with E-state index in [0.717, 1.165) is 44.6 Å². The molecular formula is C15H30N2O2. The number of rotatable bonds is 5. The maximum absolute atomic E-state index is 12.3. The van der Waals surface area contributed by atoms with Gasteiger partial charge in [-0.3, -0.25) is 0 Å². The first-order valence-corrected chi connectivity index (χ1v) is 7.63. The summed E-state index contributed by atoms with van der Waals surface area (Å²) in [5, 5.41) is 0. The molecule has 0 aromatic heterocycles. The molecule has 0 saturated heterocycles. The molecule has 0 heterocycles. The van der Waals surface area contributed by atoms with Gasteiger partial charge in [-0.05, 0) is 51.9 Å². The second-order valence-electron chi connectivity index (χ2n) is 6.20. The number of carbonyl (C=O) groups is 1. The Kier molecular flexibility index (Phi) is 6.11. The van der Waals surface area contributed by atoms with Gasteiger partial charge in [0.15, 0.2) is 0 Å². The molecule has 1 amide bonds. The third-order valence-electron chi connectivity index (χ3n) is 4.16. The van der Waals surface area contributed by atoms with Crippen LogP contribution in [0.4, 0.5) is 4.79 Å².